The van der Waals surface area contributed by atoms with Crippen molar-refractivity contribution in [3.05, 3.63) is 0 Å². The van der Waals surface area contributed by atoms with Crippen molar-refractivity contribution >= 4 is 0 Å². The first-order chi connectivity index (χ1) is 18.5. The normalized spacial score (nSPS) is 47.3. The van der Waals surface area contributed by atoms with E-state index < -0.39 is 105 Å². The molecule has 0 unspecified atom stereocenters. The lowest BCUT2D eigenvalue weighted by Crippen LogP contribution is -2.67. The molecule has 230 valence electrons. The van der Waals surface area contributed by atoms with E-state index in [0.717, 1.165) is 19.3 Å². The summed E-state index contributed by atoms with van der Waals surface area (Å²) in [6, 6.07) is 0. The lowest BCUT2D eigenvalue weighted by atomic mass is 9.96. The Morgan fingerprint density at radius 2 is 1.10 bits per heavy atom. The Kier molecular flexibility index (Phi) is 12.7. The Morgan fingerprint density at radius 3 is 1.72 bits per heavy atom. The van der Waals surface area contributed by atoms with Crippen molar-refractivity contribution in [3.8, 4) is 0 Å². The minimum Gasteiger partial charge on any atom is -0.394 e. The van der Waals surface area contributed by atoms with Crippen LogP contribution in [0, 0.1) is 0 Å². The predicted octanol–water partition coefficient (Wildman–Crippen LogP) is -3.94. The third kappa shape index (κ3) is 7.63. The highest BCUT2D eigenvalue weighted by Crippen LogP contribution is 2.33. The standard InChI is InChI=1S/C24H44O15/c1-3-4-5-6-7-34-24-21(39-22-18(32)16(30)13(27)10(2)35-22)20(15(29)12(9-26)37-24)38-23-19(33)17(31)14(28)11(8-25)36-23/h10-33H,3-9H2,1-2H3/t10-,11+,12+,13+,14-,15-,16+,17-,18-,19+,20-,21+,22-,23+,24+/m0/s1. The van der Waals surface area contributed by atoms with Gasteiger partial charge in [0.2, 0.25) is 0 Å². The largest absolute Gasteiger partial charge is 0.394 e. The van der Waals surface area contributed by atoms with E-state index in [4.69, 9.17) is 28.4 Å². The summed E-state index contributed by atoms with van der Waals surface area (Å²) in [5.41, 5.74) is 0. The van der Waals surface area contributed by atoms with Gasteiger partial charge < -0.3 is 74.4 Å². The minimum absolute atomic E-state index is 0.192. The molecule has 3 heterocycles. The molecule has 3 aliphatic heterocycles. The average molecular weight is 573 g/mol. The molecule has 0 radical (unpaired) electrons. The van der Waals surface area contributed by atoms with Gasteiger partial charge in [-0.25, -0.2) is 0 Å². The fraction of sp³-hybridized carbons (Fsp3) is 1.00. The highest BCUT2D eigenvalue weighted by molar-refractivity contribution is 4.96. The Morgan fingerprint density at radius 1 is 0.564 bits per heavy atom. The van der Waals surface area contributed by atoms with Crippen molar-refractivity contribution in [1.82, 2.24) is 0 Å². The number of aliphatic hydroxyl groups is 9. The average Bonchev–Trinajstić information content (AvgIpc) is 2.92. The summed E-state index contributed by atoms with van der Waals surface area (Å²) in [5, 5.41) is 92.0. The number of ether oxygens (including phenoxy) is 6. The molecule has 0 aliphatic carbocycles. The number of hydrogen-bond donors (Lipinski definition) is 9. The van der Waals surface area contributed by atoms with Gasteiger partial charge in [-0.05, 0) is 13.3 Å². The number of hydrogen-bond acceptors (Lipinski definition) is 15. The predicted molar refractivity (Wildman–Crippen MR) is 128 cm³/mol. The van der Waals surface area contributed by atoms with Crippen molar-refractivity contribution in [2.75, 3.05) is 19.8 Å². The molecule has 9 N–H and O–H groups in total. The van der Waals surface area contributed by atoms with Crippen LogP contribution in [0.3, 0.4) is 0 Å². The summed E-state index contributed by atoms with van der Waals surface area (Å²) in [4.78, 5) is 0. The summed E-state index contributed by atoms with van der Waals surface area (Å²) in [7, 11) is 0. The van der Waals surface area contributed by atoms with Gasteiger partial charge in [-0.15, -0.1) is 0 Å². The molecule has 15 atom stereocenters. The maximum absolute atomic E-state index is 11.0. The van der Waals surface area contributed by atoms with E-state index in [1.165, 1.54) is 6.92 Å². The van der Waals surface area contributed by atoms with E-state index in [1.54, 1.807) is 0 Å². The van der Waals surface area contributed by atoms with Crippen LogP contribution in [0.15, 0.2) is 0 Å². The molecule has 3 saturated heterocycles. The Hall–Kier alpha value is -0.600. The van der Waals surface area contributed by atoms with Gasteiger partial charge >= 0.3 is 0 Å². The van der Waals surface area contributed by atoms with E-state index >= 15 is 0 Å². The van der Waals surface area contributed by atoms with Crippen LogP contribution in [0.2, 0.25) is 0 Å². The van der Waals surface area contributed by atoms with Crippen LogP contribution < -0.4 is 0 Å². The van der Waals surface area contributed by atoms with E-state index in [2.05, 4.69) is 0 Å². The SMILES string of the molecule is CCCCCCO[C@@H]1O[C@H](CO)[C@H](O)[C@H](O[C@H]2O[C@H](CO)[C@H](O)[C@H](O)[C@H]2O)[C@H]1O[C@@H]1O[C@@H](C)[C@@H](O)[C@@H](O)[C@@H]1O. The van der Waals surface area contributed by atoms with Gasteiger partial charge in [0.05, 0.1) is 19.3 Å². The lowest BCUT2D eigenvalue weighted by molar-refractivity contribution is -0.390. The van der Waals surface area contributed by atoms with Crippen molar-refractivity contribution in [3.63, 3.8) is 0 Å². The van der Waals surface area contributed by atoms with Gasteiger partial charge in [-0.2, -0.15) is 0 Å². The van der Waals surface area contributed by atoms with Crippen LogP contribution in [0.5, 0.6) is 0 Å². The molecule has 0 spiro atoms. The highest BCUT2D eigenvalue weighted by Gasteiger charge is 2.54. The number of rotatable bonds is 12. The molecule has 0 bridgehead atoms. The summed E-state index contributed by atoms with van der Waals surface area (Å²) < 4.78 is 34.3. The molecule has 3 rings (SSSR count). The molecule has 0 saturated carbocycles. The van der Waals surface area contributed by atoms with Gasteiger partial charge in [0.15, 0.2) is 18.9 Å². The molecule has 3 aliphatic rings. The summed E-state index contributed by atoms with van der Waals surface area (Å²) in [6.07, 6.45) is -19.1. The maximum Gasteiger partial charge on any atom is 0.187 e. The summed E-state index contributed by atoms with van der Waals surface area (Å²) in [5.74, 6) is 0. The Labute approximate surface area is 226 Å². The number of unbranched alkanes of at least 4 members (excludes halogenated alkanes) is 3. The quantitative estimate of drug-likeness (QED) is 0.101. The van der Waals surface area contributed by atoms with Crippen LogP contribution in [-0.4, -0.2) is 158 Å². The first kappa shape index (κ1) is 32.9. The molecular formula is C24H44O15. The second kappa shape index (κ2) is 15.0. The maximum atomic E-state index is 11.0. The van der Waals surface area contributed by atoms with Crippen LogP contribution >= 0.6 is 0 Å². The zero-order valence-electron chi connectivity index (χ0n) is 22.1. The van der Waals surface area contributed by atoms with E-state index in [0.29, 0.717) is 6.42 Å². The molecule has 15 heteroatoms. The Bertz CT molecular complexity index is 715. The minimum atomic E-state index is -1.81. The van der Waals surface area contributed by atoms with Crippen molar-refractivity contribution in [2.24, 2.45) is 0 Å². The second-order valence-electron chi connectivity index (χ2n) is 10.2. The monoisotopic (exact) mass is 572 g/mol. The molecule has 0 aromatic carbocycles. The van der Waals surface area contributed by atoms with Gasteiger partial charge in [0, 0.05) is 6.61 Å². The zero-order chi connectivity index (χ0) is 28.9. The van der Waals surface area contributed by atoms with E-state index in [1.807, 2.05) is 6.92 Å². The van der Waals surface area contributed by atoms with Crippen molar-refractivity contribution in [2.45, 2.75) is 132 Å². The zero-order valence-corrected chi connectivity index (χ0v) is 22.1. The van der Waals surface area contributed by atoms with Gasteiger partial charge in [0.25, 0.3) is 0 Å². The van der Waals surface area contributed by atoms with Gasteiger partial charge in [-0.1, -0.05) is 26.2 Å². The second-order valence-corrected chi connectivity index (χ2v) is 10.2. The molecule has 15 nitrogen and oxygen atoms in total. The third-order valence-corrected chi connectivity index (χ3v) is 7.32. The van der Waals surface area contributed by atoms with Crippen molar-refractivity contribution in [1.29, 1.82) is 0 Å². The molecule has 3 fully saturated rings. The van der Waals surface area contributed by atoms with Crippen LogP contribution in [0.1, 0.15) is 39.5 Å². The van der Waals surface area contributed by atoms with Crippen LogP contribution in [-0.2, 0) is 28.4 Å². The Balaban J connectivity index is 1.87. The van der Waals surface area contributed by atoms with E-state index in [9.17, 15) is 46.0 Å². The van der Waals surface area contributed by atoms with Gasteiger partial charge in [-0.3, -0.25) is 0 Å². The molecule has 39 heavy (non-hydrogen) atoms. The first-order valence-electron chi connectivity index (χ1n) is 13.4. The highest BCUT2D eigenvalue weighted by atomic mass is 16.8. The topological polar surface area (TPSA) is 237 Å². The smallest absolute Gasteiger partial charge is 0.187 e. The third-order valence-electron chi connectivity index (χ3n) is 7.32. The lowest BCUT2D eigenvalue weighted by Gasteiger charge is -2.48. The molecule has 0 amide bonds. The fourth-order valence-electron chi connectivity index (χ4n) is 4.82. The summed E-state index contributed by atoms with van der Waals surface area (Å²) in [6.45, 7) is 2.31. The van der Waals surface area contributed by atoms with Crippen molar-refractivity contribution < 1.29 is 74.4 Å². The first-order valence-corrected chi connectivity index (χ1v) is 13.4. The summed E-state index contributed by atoms with van der Waals surface area (Å²) >= 11 is 0. The molecule has 0 aromatic heterocycles. The molecule has 0 aromatic rings. The molecular weight excluding hydrogens is 528 g/mol. The van der Waals surface area contributed by atoms with Crippen LogP contribution in [0.4, 0.5) is 0 Å². The van der Waals surface area contributed by atoms with E-state index in [-0.39, 0.29) is 6.61 Å². The number of aliphatic hydroxyl groups excluding tert-OH is 9. The van der Waals surface area contributed by atoms with Crippen LogP contribution in [0.25, 0.3) is 0 Å². The van der Waals surface area contributed by atoms with Gasteiger partial charge in [0.1, 0.15) is 67.1 Å². The fourth-order valence-corrected chi connectivity index (χ4v) is 4.82.